The third-order valence-corrected chi connectivity index (χ3v) is 6.04. The number of hydrogen-bond donors (Lipinski definition) is 1. The average Bonchev–Trinajstić information content (AvgIpc) is 2.81. The lowest BCUT2D eigenvalue weighted by Gasteiger charge is -2.40. The average molecular weight is 437 g/mol. The van der Waals surface area contributed by atoms with Crippen LogP contribution in [-0.4, -0.2) is 42.2 Å². The highest BCUT2D eigenvalue weighted by Gasteiger charge is 2.32. The number of rotatable bonds is 3. The maximum Gasteiger partial charge on any atom is 0.280 e. The van der Waals surface area contributed by atoms with Gasteiger partial charge in [0.2, 0.25) is 0 Å². The van der Waals surface area contributed by atoms with Crippen LogP contribution < -0.4 is 11.0 Å². The zero-order valence-corrected chi connectivity index (χ0v) is 17.6. The van der Waals surface area contributed by atoms with Gasteiger partial charge < -0.3 is 0 Å². The molecule has 2 aliphatic rings. The molecular formula is C22H21F2N7O. The van der Waals surface area contributed by atoms with E-state index in [-0.39, 0.29) is 12.0 Å². The van der Waals surface area contributed by atoms with Crippen molar-refractivity contribution in [3.63, 3.8) is 0 Å². The number of halogens is 2. The van der Waals surface area contributed by atoms with E-state index in [4.69, 9.17) is 0 Å². The molecule has 0 radical (unpaired) electrons. The van der Waals surface area contributed by atoms with E-state index < -0.39 is 17.7 Å². The number of hydrogen-bond acceptors (Lipinski definition) is 7. The summed E-state index contributed by atoms with van der Waals surface area (Å²) in [6.07, 6.45) is 4.48. The smallest absolute Gasteiger partial charge is 0.280 e. The Morgan fingerprint density at radius 1 is 1.16 bits per heavy atom. The molecule has 3 aromatic rings. The Labute approximate surface area is 182 Å². The molecule has 164 valence electrons. The zero-order valence-electron chi connectivity index (χ0n) is 17.6. The van der Waals surface area contributed by atoms with E-state index in [1.807, 2.05) is 20.0 Å². The van der Waals surface area contributed by atoms with Gasteiger partial charge in [0.1, 0.15) is 11.9 Å². The van der Waals surface area contributed by atoms with Crippen molar-refractivity contribution in [3.05, 3.63) is 75.6 Å². The Balaban J connectivity index is 1.47. The summed E-state index contributed by atoms with van der Waals surface area (Å²) >= 11 is 0. The van der Waals surface area contributed by atoms with E-state index in [0.29, 0.717) is 12.1 Å². The van der Waals surface area contributed by atoms with E-state index in [2.05, 4.69) is 36.3 Å². The highest BCUT2D eigenvalue weighted by atomic mass is 19.3. The summed E-state index contributed by atoms with van der Waals surface area (Å²) in [7, 11) is 0. The molecule has 5 heterocycles. The topological polar surface area (TPSA) is 88.8 Å². The number of pyridine rings is 1. The maximum atomic E-state index is 13.1. The number of nitrogens with one attached hydrogen (secondary N) is 1. The van der Waals surface area contributed by atoms with Crippen LogP contribution in [0.4, 0.5) is 8.78 Å². The summed E-state index contributed by atoms with van der Waals surface area (Å²) in [5.74, 6) is 0.227. The van der Waals surface area contributed by atoms with Crippen LogP contribution in [0.25, 0.3) is 16.8 Å². The summed E-state index contributed by atoms with van der Waals surface area (Å²) in [4.78, 5) is 31.9. The summed E-state index contributed by atoms with van der Waals surface area (Å²) in [5, 5.41) is 0. The van der Waals surface area contributed by atoms with Gasteiger partial charge in [-0.25, -0.2) is 18.4 Å². The molecule has 3 aromatic heterocycles. The van der Waals surface area contributed by atoms with E-state index >= 15 is 0 Å². The summed E-state index contributed by atoms with van der Waals surface area (Å²) in [6.45, 7) is 5.09. The fourth-order valence-corrected chi connectivity index (χ4v) is 4.20. The molecule has 10 heteroatoms. The molecule has 0 amide bonds. The minimum atomic E-state index is -2.80. The Bertz CT molecular complexity index is 1270. The Kier molecular flexibility index (Phi) is 5.01. The van der Waals surface area contributed by atoms with Crippen LogP contribution in [-0.2, 0) is 13.0 Å². The number of alkyl halides is 2. The van der Waals surface area contributed by atoms with Crippen LogP contribution in [0.3, 0.4) is 0 Å². The number of fused-ring (bicyclic) bond motifs is 2. The fraction of sp³-hybridized carbons (Fsp3) is 0.318. The van der Waals surface area contributed by atoms with Crippen LogP contribution in [0, 0.1) is 0 Å². The van der Waals surface area contributed by atoms with Crippen molar-refractivity contribution in [2.24, 2.45) is 0 Å². The SMILES string of the molecule is CC1=C(C)C(N2CCc3ncc(-c4cnccn4)cc3C2)Nn2c1nc(C(F)F)cc2=O. The third-order valence-electron chi connectivity index (χ3n) is 6.04. The lowest BCUT2D eigenvalue weighted by atomic mass is 9.99. The quantitative estimate of drug-likeness (QED) is 0.674. The van der Waals surface area contributed by atoms with Gasteiger partial charge in [0.25, 0.3) is 12.0 Å². The molecule has 5 rings (SSSR count). The van der Waals surface area contributed by atoms with Crippen molar-refractivity contribution < 1.29 is 8.78 Å². The van der Waals surface area contributed by atoms with Crippen LogP contribution in [0.2, 0.25) is 0 Å². The second-order valence-electron chi connectivity index (χ2n) is 7.96. The van der Waals surface area contributed by atoms with Gasteiger partial charge >= 0.3 is 0 Å². The minimum absolute atomic E-state index is 0.227. The third kappa shape index (κ3) is 3.46. The van der Waals surface area contributed by atoms with Crippen molar-refractivity contribution in [1.29, 1.82) is 0 Å². The van der Waals surface area contributed by atoms with E-state index in [0.717, 1.165) is 47.1 Å². The summed E-state index contributed by atoms with van der Waals surface area (Å²) < 4.78 is 27.5. The Morgan fingerprint density at radius 3 is 2.75 bits per heavy atom. The van der Waals surface area contributed by atoms with Crippen LogP contribution in [0.15, 0.2) is 47.3 Å². The van der Waals surface area contributed by atoms with Gasteiger partial charge in [-0.3, -0.25) is 30.1 Å². The second kappa shape index (κ2) is 7.86. The normalized spacial score (nSPS) is 18.3. The maximum absolute atomic E-state index is 13.1. The van der Waals surface area contributed by atoms with Gasteiger partial charge in [-0.05, 0) is 36.6 Å². The molecule has 0 bridgehead atoms. The first-order valence-electron chi connectivity index (χ1n) is 10.3. The first-order chi connectivity index (χ1) is 15.4. The van der Waals surface area contributed by atoms with Crippen LogP contribution in [0.5, 0.6) is 0 Å². The Hall–Kier alpha value is -3.53. The molecule has 32 heavy (non-hydrogen) atoms. The second-order valence-corrected chi connectivity index (χ2v) is 7.96. The first-order valence-corrected chi connectivity index (χ1v) is 10.3. The predicted molar refractivity (Wildman–Crippen MR) is 114 cm³/mol. The Morgan fingerprint density at radius 2 is 2.00 bits per heavy atom. The van der Waals surface area contributed by atoms with Gasteiger partial charge in [0.15, 0.2) is 5.82 Å². The highest BCUT2D eigenvalue weighted by Crippen LogP contribution is 2.30. The van der Waals surface area contributed by atoms with Gasteiger partial charge in [-0.2, -0.15) is 0 Å². The minimum Gasteiger partial charge on any atom is -0.300 e. The molecule has 0 saturated heterocycles. The van der Waals surface area contributed by atoms with Crippen molar-refractivity contribution >= 4 is 5.57 Å². The first kappa shape index (κ1) is 20.4. The molecular weight excluding hydrogens is 416 g/mol. The molecule has 2 aliphatic heterocycles. The lowest BCUT2D eigenvalue weighted by molar-refractivity contribution is 0.145. The largest absolute Gasteiger partial charge is 0.300 e. The number of allylic oxidation sites excluding steroid dienone is 1. The van der Waals surface area contributed by atoms with Crippen molar-refractivity contribution in [3.8, 4) is 11.3 Å². The highest BCUT2D eigenvalue weighted by molar-refractivity contribution is 5.65. The number of aromatic nitrogens is 5. The summed E-state index contributed by atoms with van der Waals surface area (Å²) in [6, 6.07) is 2.96. The van der Waals surface area contributed by atoms with Crippen LogP contribution >= 0.6 is 0 Å². The monoisotopic (exact) mass is 437 g/mol. The molecule has 0 fully saturated rings. The number of nitrogens with zero attached hydrogens (tertiary/aromatic N) is 6. The van der Waals surface area contributed by atoms with Gasteiger partial charge in [-0.1, -0.05) is 0 Å². The predicted octanol–water partition coefficient (Wildman–Crippen LogP) is 2.77. The van der Waals surface area contributed by atoms with Crippen LogP contribution in [0.1, 0.15) is 43.0 Å². The summed E-state index contributed by atoms with van der Waals surface area (Å²) in [5.41, 5.74) is 7.53. The molecule has 8 nitrogen and oxygen atoms in total. The van der Waals surface area contributed by atoms with Gasteiger partial charge in [0, 0.05) is 55.4 Å². The van der Waals surface area contributed by atoms with Crippen molar-refractivity contribution in [2.45, 2.75) is 39.4 Å². The molecule has 0 spiro atoms. The van der Waals surface area contributed by atoms with E-state index in [9.17, 15) is 13.6 Å². The lowest BCUT2D eigenvalue weighted by Crippen LogP contribution is -2.52. The molecule has 0 aliphatic carbocycles. The molecule has 1 unspecified atom stereocenters. The standard InChI is InChI=1S/C22H21F2N7O/c1-12-13(2)22(29-31-19(32)8-17(20(23)24)28-21(12)31)30-6-3-16-15(11-30)7-14(9-27-16)18-10-25-4-5-26-18/h4-5,7-10,20,22,29H,3,6,11H2,1-2H3. The zero-order chi connectivity index (χ0) is 22.4. The van der Waals surface area contributed by atoms with Gasteiger partial charge in [-0.15, -0.1) is 0 Å². The van der Waals surface area contributed by atoms with Crippen molar-refractivity contribution in [2.75, 3.05) is 12.0 Å². The molecule has 1 atom stereocenters. The molecule has 0 saturated carbocycles. The van der Waals surface area contributed by atoms with E-state index in [1.165, 1.54) is 4.68 Å². The molecule has 1 N–H and O–H groups in total. The van der Waals surface area contributed by atoms with E-state index in [1.54, 1.807) is 18.6 Å². The molecule has 0 aromatic carbocycles. The fourth-order valence-electron chi connectivity index (χ4n) is 4.20. The van der Waals surface area contributed by atoms with Crippen molar-refractivity contribution in [1.82, 2.24) is 29.5 Å². The van der Waals surface area contributed by atoms with Gasteiger partial charge in [0.05, 0.1) is 11.9 Å².